The molecule has 0 bridgehead atoms. The van der Waals surface area contributed by atoms with Crippen molar-refractivity contribution < 1.29 is 0 Å². The minimum absolute atomic E-state index is 0.769. The second-order valence-electron chi connectivity index (χ2n) is 4.59. The summed E-state index contributed by atoms with van der Waals surface area (Å²) in [7, 11) is 0. The summed E-state index contributed by atoms with van der Waals surface area (Å²) in [4.78, 5) is 2.66. The average molecular weight is 198 g/mol. The zero-order valence-electron chi connectivity index (χ0n) is 9.84. The van der Waals surface area contributed by atoms with Gasteiger partial charge in [-0.3, -0.25) is 0 Å². The first kappa shape index (κ1) is 12.0. The predicted molar refractivity (Wildman–Crippen MR) is 62.3 cm³/mol. The van der Waals surface area contributed by atoms with Crippen LogP contribution in [0.15, 0.2) is 0 Å². The van der Waals surface area contributed by atoms with Crippen LogP contribution in [-0.4, -0.2) is 30.6 Å². The molecule has 1 aliphatic rings. The molecule has 84 valence electrons. The number of nitrogens with zero attached hydrogens (tertiary/aromatic N) is 1. The quantitative estimate of drug-likeness (QED) is 0.709. The second kappa shape index (κ2) is 6.41. The fourth-order valence-electron chi connectivity index (χ4n) is 2.47. The van der Waals surface area contributed by atoms with E-state index in [4.69, 9.17) is 5.73 Å². The highest BCUT2D eigenvalue weighted by molar-refractivity contribution is 4.81. The van der Waals surface area contributed by atoms with E-state index in [-0.39, 0.29) is 0 Å². The van der Waals surface area contributed by atoms with Crippen molar-refractivity contribution >= 4 is 0 Å². The summed E-state index contributed by atoms with van der Waals surface area (Å²) < 4.78 is 0. The molecule has 2 nitrogen and oxygen atoms in total. The third-order valence-corrected chi connectivity index (χ3v) is 3.53. The van der Waals surface area contributed by atoms with E-state index in [1.165, 1.54) is 45.2 Å². The lowest BCUT2D eigenvalue weighted by molar-refractivity contribution is 0.213. The van der Waals surface area contributed by atoms with Gasteiger partial charge in [-0.05, 0) is 38.3 Å². The minimum atomic E-state index is 0.769. The monoisotopic (exact) mass is 198 g/mol. The molecule has 0 amide bonds. The van der Waals surface area contributed by atoms with Gasteiger partial charge in [0, 0.05) is 12.6 Å². The third kappa shape index (κ3) is 3.25. The first-order chi connectivity index (χ1) is 6.81. The maximum atomic E-state index is 5.71. The molecule has 0 saturated carbocycles. The fraction of sp³-hybridized carbons (Fsp3) is 1.00. The molecular formula is C12H26N2. The van der Waals surface area contributed by atoms with Gasteiger partial charge < -0.3 is 10.6 Å². The average Bonchev–Trinajstić information content (AvgIpc) is 2.68. The Labute approximate surface area is 88.8 Å². The predicted octanol–water partition coefficient (Wildman–Crippen LogP) is 2.24. The molecule has 0 spiro atoms. The van der Waals surface area contributed by atoms with Crippen LogP contribution in [0.3, 0.4) is 0 Å². The second-order valence-corrected chi connectivity index (χ2v) is 4.59. The summed E-state index contributed by atoms with van der Waals surface area (Å²) in [6.07, 6.45) is 6.70. The van der Waals surface area contributed by atoms with Gasteiger partial charge in [0.2, 0.25) is 0 Å². The van der Waals surface area contributed by atoms with Gasteiger partial charge in [-0.2, -0.15) is 0 Å². The maximum Gasteiger partial charge on any atom is 0.00927 e. The van der Waals surface area contributed by atoms with E-state index in [0.717, 1.165) is 18.5 Å². The van der Waals surface area contributed by atoms with Gasteiger partial charge in [0.25, 0.3) is 0 Å². The Bertz CT molecular complexity index is 147. The molecular weight excluding hydrogens is 172 g/mol. The first-order valence-corrected chi connectivity index (χ1v) is 6.25. The number of rotatable bonds is 6. The van der Waals surface area contributed by atoms with E-state index in [9.17, 15) is 0 Å². The van der Waals surface area contributed by atoms with Crippen molar-refractivity contribution in [3.05, 3.63) is 0 Å². The van der Waals surface area contributed by atoms with Crippen molar-refractivity contribution in [3.8, 4) is 0 Å². The van der Waals surface area contributed by atoms with Crippen LogP contribution < -0.4 is 5.73 Å². The molecule has 2 heteroatoms. The van der Waals surface area contributed by atoms with Crippen LogP contribution in [0.2, 0.25) is 0 Å². The highest BCUT2D eigenvalue weighted by Gasteiger charge is 2.25. The minimum Gasteiger partial charge on any atom is -0.330 e. The van der Waals surface area contributed by atoms with Gasteiger partial charge in [0.15, 0.2) is 0 Å². The number of hydrogen-bond donors (Lipinski definition) is 1. The molecule has 0 aromatic rings. The standard InChI is InChI=1S/C12H26N2/c1-3-5-6-12(4-2)14-8-7-11(9-13)10-14/h11-12H,3-10,13H2,1-2H3. The normalized spacial score (nSPS) is 25.5. The van der Waals surface area contributed by atoms with E-state index < -0.39 is 0 Å². The first-order valence-electron chi connectivity index (χ1n) is 6.25. The highest BCUT2D eigenvalue weighted by Crippen LogP contribution is 2.21. The number of likely N-dealkylation sites (tertiary alicyclic amines) is 1. The smallest absolute Gasteiger partial charge is 0.00927 e. The van der Waals surface area contributed by atoms with Gasteiger partial charge in [-0.15, -0.1) is 0 Å². The summed E-state index contributed by atoms with van der Waals surface area (Å²) in [5.74, 6) is 0.769. The zero-order valence-corrected chi connectivity index (χ0v) is 9.84. The van der Waals surface area contributed by atoms with Crippen LogP contribution in [0.25, 0.3) is 0 Å². The summed E-state index contributed by atoms with van der Waals surface area (Å²) in [6, 6.07) is 0.825. The molecule has 2 unspecified atom stereocenters. The molecule has 2 N–H and O–H groups in total. The number of unbranched alkanes of at least 4 members (excludes halogenated alkanes) is 1. The lowest BCUT2D eigenvalue weighted by Gasteiger charge is -2.26. The Kier molecular flexibility index (Phi) is 5.49. The van der Waals surface area contributed by atoms with Crippen molar-refractivity contribution in [2.24, 2.45) is 11.7 Å². The van der Waals surface area contributed by atoms with Crippen molar-refractivity contribution in [1.29, 1.82) is 0 Å². The van der Waals surface area contributed by atoms with Crippen molar-refractivity contribution in [2.45, 2.75) is 52.0 Å². The van der Waals surface area contributed by atoms with Gasteiger partial charge in [0.1, 0.15) is 0 Å². The summed E-state index contributed by atoms with van der Waals surface area (Å²) in [5, 5.41) is 0. The maximum absolute atomic E-state index is 5.71. The molecule has 2 atom stereocenters. The molecule has 1 heterocycles. The molecule has 0 aromatic carbocycles. The van der Waals surface area contributed by atoms with Crippen molar-refractivity contribution in [2.75, 3.05) is 19.6 Å². The third-order valence-electron chi connectivity index (χ3n) is 3.53. The lowest BCUT2D eigenvalue weighted by Crippen LogP contribution is -2.33. The van der Waals surface area contributed by atoms with E-state index in [0.29, 0.717) is 0 Å². The van der Waals surface area contributed by atoms with Crippen LogP contribution in [0, 0.1) is 5.92 Å². The van der Waals surface area contributed by atoms with Crippen LogP contribution in [0.1, 0.15) is 46.0 Å². The molecule has 1 fully saturated rings. The Morgan fingerprint density at radius 3 is 2.71 bits per heavy atom. The van der Waals surface area contributed by atoms with Crippen LogP contribution in [0.5, 0.6) is 0 Å². The molecule has 0 aliphatic carbocycles. The van der Waals surface area contributed by atoms with E-state index in [1.54, 1.807) is 0 Å². The summed E-state index contributed by atoms with van der Waals surface area (Å²) in [6.45, 7) is 8.00. The van der Waals surface area contributed by atoms with Crippen LogP contribution in [0.4, 0.5) is 0 Å². The Morgan fingerprint density at radius 1 is 1.43 bits per heavy atom. The number of nitrogens with two attached hydrogens (primary N) is 1. The topological polar surface area (TPSA) is 29.3 Å². The molecule has 0 aromatic heterocycles. The van der Waals surface area contributed by atoms with E-state index >= 15 is 0 Å². The lowest BCUT2D eigenvalue weighted by atomic mass is 10.1. The molecule has 0 radical (unpaired) electrons. The Hall–Kier alpha value is -0.0800. The van der Waals surface area contributed by atoms with Crippen molar-refractivity contribution in [3.63, 3.8) is 0 Å². The molecule has 1 rings (SSSR count). The van der Waals surface area contributed by atoms with Gasteiger partial charge >= 0.3 is 0 Å². The van der Waals surface area contributed by atoms with Gasteiger partial charge in [0.05, 0.1) is 0 Å². The molecule has 14 heavy (non-hydrogen) atoms. The largest absolute Gasteiger partial charge is 0.330 e. The molecule has 1 saturated heterocycles. The van der Waals surface area contributed by atoms with Gasteiger partial charge in [-0.25, -0.2) is 0 Å². The molecule has 1 aliphatic heterocycles. The van der Waals surface area contributed by atoms with Crippen LogP contribution >= 0.6 is 0 Å². The van der Waals surface area contributed by atoms with Gasteiger partial charge in [-0.1, -0.05) is 26.7 Å². The summed E-state index contributed by atoms with van der Waals surface area (Å²) >= 11 is 0. The van der Waals surface area contributed by atoms with E-state index in [1.807, 2.05) is 0 Å². The highest BCUT2D eigenvalue weighted by atomic mass is 15.2. The zero-order chi connectivity index (χ0) is 10.4. The fourth-order valence-corrected chi connectivity index (χ4v) is 2.47. The Balaban J connectivity index is 2.30. The SMILES string of the molecule is CCCCC(CC)N1CCC(CN)C1. The Morgan fingerprint density at radius 2 is 2.21 bits per heavy atom. The van der Waals surface area contributed by atoms with E-state index in [2.05, 4.69) is 18.7 Å². The number of hydrogen-bond acceptors (Lipinski definition) is 2. The van der Waals surface area contributed by atoms with Crippen LogP contribution in [-0.2, 0) is 0 Å². The van der Waals surface area contributed by atoms with Crippen molar-refractivity contribution in [1.82, 2.24) is 4.90 Å². The summed E-state index contributed by atoms with van der Waals surface area (Å²) in [5.41, 5.74) is 5.71.